The van der Waals surface area contributed by atoms with Gasteiger partial charge in [0.15, 0.2) is 0 Å². The number of fused-ring (bicyclic) bond motifs is 1. The highest BCUT2D eigenvalue weighted by Gasteiger charge is 2.34. The van der Waals surface area contributed by atoms with E-state index < -0.39 is 0 Å². The molecule has 2 aliphatic rings. The third-order valence-electron chi connectivity index (χ3n) is 6.06. The molecule has 0 spiro atoms. The summed E-state index contributed by atoms with van der Waals surface area (Å²) in [6.07, 6.45) is 4.23. The van der Waals surface area contributed by atoms with Crippen molar-refractivity contribution in [1.29, 1.82) is 0 Å². The molecule has 5 nitrogen and oxygen atoms in total. The number of benzene rings is 1. The summed E-state index contributed by atoms with van der Waals surface area (Å²) < 4.78 is 0. The fourth-order valence-electron chi connectivity index (χ4n) is 4.40. The molecule has 26 heavy (non-hydrogen) atoms. The largest absolute Gasteiger partial charge is 0.399 e. The maximum atomic E-state index is 13.0. The minimum Gasteiger partial charge on any atom is -0.399 e. The molecule has 1 aliphatic carbocycles. The molecular formula is C21H31N3O2. The maximum absolute atomic E-state index is 13.0. The molecular weight excluding hydrogens is 326 g/mol. The summed E-state index contributed by atoms with van der Waals surface area (Å²) in [7, 11) is 0. The second-order valence-electron chi connectivity index (χ2n) is 7.60. The molecule has 1 aromatic rings. The summed E-state index contributed by atoms with van der Waals surface area (Å²) in [6.45, 7) is 7.05. The van der Waals surface area contributed by atoms with Gasteiger partial charge < -0.3 is 15.5 Å². The van der Waals surface area contributed by atoms with E-state index in [1.807, 2.05) is 41.8 Å². The first kappa shape index (κ1) is 18.7. The van der Waals surface area contributed by atoms with Crippen LogP contribution < -0.4 is 5.73 Å². The first-order valence-corrected chi connectivity index (χ1v) is 9.98. The Bertz CT molecular complexity index is 661. The van der Waals surface area contributed by atoms with Crippen LogP contribution in [0.3, 0.4) is 0 Å². The number of rotatable bonds is 4. The number of anilines is 1. The normalized spacial score (nSPS) is 22.6. The van der Waals surface area contributed by atoms with Gasteiger partial charge in [-0.25, -0.2) is 0 Å². The molecule has 2 N–H and O–H groups in total. The molecule has 0 bridgehead atoms. The molecule has 0 radical (unpaired) electrons. The minimum absolute atomic E-state index is 0.0751. The average molecular weight is 357 g/mol. The van der Waals surface area contributed by atoms with Gasteiger partial charge in [0.1, 0.15) is 0 Å². The Morgan fingerprint density at radius 3 is 2.38 bits per heavy atom. The number of nitrogen functional groups attached to an aromatic ring is 1. The molecule has 1 fully saturated rings. The Kier molecular flexibility index (Phi) is 5.84. The minimum atomic E-state index is 0.0751. The highest BCUT2D eigenvalue weighted by atomic mass is 16.2. The number of carbonyl (C=O) groups excluding carboxylic acids is 2. The van der Waals surface area contributed by atoms with Gasteiger partial charge >= 0.3 is 0 Å². The molecule has 142 valence electrons. The van der Waals surface area contributed by atoms with Gasteiger partial charge in [-0.2, -0.15) is 0 Å². The Hall–Kier alpha value is -2.04. The van der Waals surface area contributed by atoms with E-state index in [0.717, 1.165) is 57.4 Å². The number of nitrogens with two attached hydrogens (primary N) is 1. The lowest BCUT2D eigenvalue weighted by Crippen LogP contribution is -2.42. The van der Waals surface area contributed by atoms with E-state index in [1.54, 1.807) is 0 Å². The van der Waals surface area contributed by atoms with Crippen molar-refractivity contribution in [3.05, 3.63) is 29.3 Å². The third kappa shape index (κ3) is 3.87. The van der Waals surface area contributed by atoms with Crippen LogP contribution in [-0.4, -0.2) is 41.2 Å². The van der Waals surface area contributed by atoms with Gasteiger partial charge in [-0.3, -0.25) is 9.59 Å². The Morgan fingerprint density at radius 2 is 1.73 bits per heavy atom. The first-order valence-electron chi connectivity index (χ1n) is 9.98. The van der Waals surface area contributed by atoms with E-state index in [9.17, 15) is 9.59 Å². The summed E-state index contributed by atoms with van der Waals surface area (Å²) in [5.74, 6) is 0.710. The molecule has 1 aromatic carbocycles. The average Bonchev–Trinajstić information content (AvgIpc) is 2.68. The first-order chi connectivity index (χ1) is 12.5. The Labute approximate surface area is 156 Å². The highest BCUT2D eigenvalue weighted by molar-refractivity contribution is 5.81. The van der Waals surface area contributed by atoms with Crippen LogP contribution in [0.2, 0.25) is 0 Å². The van der Waals surface area contributed by atoms with Crippen LogP contribution in [-0.2, 0) is 22.6 Å². The summed E-state index contributed by atoms with van der Waals surface area (Å²) in [5, 5.41) is 0. The zero-order valence-corrected chi connectivity index (χ0v) is 16.0. The van der Waals surface area contributed by atoms with Crippen molar-refractivity contribution in [2.45, 2.75) is 52.5 Å². The smallest absolute Gasteiger partial charge is 0.225 e. The monoisotopic (exact) mass is 357 g/mol. The predicted molar refractivity (Wildman–Crippen MR) is 103 cm³/mol. The predicted octanol–water partition coefficient (Wildman–Crippen LogP) is 2.83. The van der Waals surface area contributed by atoms with Crippen LogP contribution >= 0.6 is 0 Å². The highest BCUT2D eigenvalue weighted by Crippen LogP contribution is 2.32. The van der Waals surface area contributed by atoms with Gasteiger partial charge in [-0.05, 0) is 69.2 Å². The molecule has 0 unspecified atom stereocenters. The van der Waals surface area contributed by atoms with E-state index in [-0.39, 0.29) is 23.7 Å². The summed E-state index contributed by atoms with van der Waals surface area (Å²) in [5.41, 5.74) is 9.13. The Balaban J connectivity index is 1.56. The molecule has 2 amide bonds. The van der Waals surface area contributed by atoms with Gasteiger partial charge in [0.25, 0.3) is 0 Å². The van der Waals surface area contributed by atoms with Crippen molar-refractivity contribution >= 4 is 17.5 Å². The van der Waals surface area contributed by atoms with Crippen LogP contribution in [0.1, 0.15) is 50.7 Å². The SMILES string of the molecule is CCN(CC)C(=O)C1CCC(C(=O)N2CCc3cc(N)ccc3C2)CC1. The van der Waals surface area contributed by atoms with Crippen molar-refractivity contribution in [2.75, 3.05) is 25.4 Å². The van der Waals surface area contributed by atoms with Gasteiger partial charge in [0.2, 0.25) is 11.8 Å². The summed E-state index contributed by atoms with van der Waals surface area (Å²) in [6, 6.07) is 5.99. The van der Waals surface area contributed by atoms with Crippen molar-refractivity contribution in [1.82, 2.24) is 9.80 Å². The zero-order valence-electron chi connectivity index (χ0n) is 16.0. The van der Waals surface area contributed by atoms with E-state index in [0.29, 0.717) is 6.54 Å². The van der Waals surface area contributed by atoms with Gasteiger partial charge in [0.05, 0.1) is 0 Å². The maximum Gasteiger partial charge on any atom is 0.225 e. The number of hydrogen-bond acceptors (Lipinski definition) is 3. The lowest BCUT2D eigenvalue weighted by Gasteiger charge is -2.35. The molecule has 3 rings (SSSR count). The number of nitrogens with zero attached hydrogens (tertiary/aromatic N) is 2. The number of hydrogen-bond donors (Lipinski definition) is 1. The number of amides is 2. The van der Waals surface area contributed by atoms with E-state index in [1.165, 1.54) is 11.1 Å². The molecule has 1 aliphatic heterocycles. The van der Waals surface area contributed by atoms with Gasteiger partial charge in [-0.15, -0.1) is 0 Å². The lowest BCUT2D eigenvalue weighted by molar-refractivity contribution is -0.141. The second-order valence-corrected chi connectivity index (χ2v) is 7.60. The quantitative estimate of drug-likeness (QED) is 0.843. The molecule has 0 aromatic heterocycles. The van der Waals surface area contributed by atoms with Crippen molar-refractivity contribution in [2.24, 2.45) is 11.8 Å². The van der Waals surface area contributed by atoms with Crippen molar-refractivity contribution < 1.29 is 9.59 Å². The molecule has 0 saturated heterocycles. The van der Waals surface area contributed by atoms with Crippen LogP contribution in [0.25, 0.3) is 0 Å². The van der Waals surface area contributed by atoms with Gasteiger partial charge in [-0.1, -0.05) is 6.07 Å². The molecule has 1 saturated carbocycles. The van der Waals surface area contributed by atoms with Crippen molar-refractivity contribution in [3.8, 4) is 0 Å². The standard InChI is InChI=1S/C21H31N3O2/c1-3-23(4-2)20(25)15-5-7-16(8-6-15)21(26)24-12-11-17-13-19(22)10-9-18(17)14-24/h9-10,13,15-16H,3-8,11-12,14,22H2,1-2H3. The third-order valence-corrected chi connectivity index (χ3v) is 6.06. The van der Waals surface area contributed by atoms with Crippen molar-refractivity contribution in [3.63, 3.8) is 0 Å². The number of carbonyl (C=O) groups is 2. The van der Waals surface area contributed by atoms with Crippen LogP contribution in [0, 0.1) is 11.8 Å². The lowest BCUT2D eigenvalue weighted by atomic mass is 9.80. The zero-order chi connectivity index (χ0) is 18.7. The van der Waals surface area contributed by atoms with Gasteiger partial charge in [0, 0.05) is 43.7 Å². The van der Waals surface area contributed by atoms with Crippen LogP contribution in [0.5, 0.6) is 0 Å². The molecule has 0 atom stereocenters. The topological polar surface area (TPSA) is 66.6 Å². The Morgan fingerprint density at radius 1 is 1.08 bits per heavy atom. The fraction of sp³-hybridized carbons (Fsp3) is 0.619. The van der Waals surface area contributed by atoms with E-state index in [2.05, 4.69) is 0 Å². The molecule has 1 heterocycles. The van der Waals surface area contributed by atoms with Crippen LogP contribution in [0.15, 0.2) is 18.2 Å². The second kappa shape index (κ2) is 8.11. The fourth-order valence-corrected chi connectivity index (χ4v) is 4.40. The van der Waals surface area contributed by atoms with Crippen LogP contribution in [0.4, 0.5) is 5.69 Å². The van der Waals surface area contributed by atoms with E-state index >= 15 is 0 Å². The summed E-state index contributed by atoms with van der Waals surface area (Å²) >= 11 is 0. The molecule has 5 heteroatoms. The van der Waals surface area contributed by atoms with E-state index in [4.69, 9.17) is 5.73 Å². The summed E-state index contributed by atoms with van der Waals surface area (Å²) in [4.78, 5) is 29.4.